The standard InChI is InChI=1S/C17H18O3/c18-17(19)11-16(15-9-5-2-6-10-15)13-20-12-14-7-3-1-4-8-14/h1-10,16H,11-13H2,(H,18,19). The summed E-state index contributed by atoms with van der Waals surface area (Å²) >= 11 is 0. The summed E-state index contributed by atoms with van der Waals surface area (Å²) in [6.45, 7) is 0.912. The summed E-state index contributed by atoms with van der Waals surface area (Å²) in [5, 5.41) is 9.01. The van der Waals surface area contributed by atoms with E-state index in [2.05, 4.69) is 0 Å². The minimum Gasteiger partial charge on any atom is -0.481 e. The molecular formula is C17H18O3. The molecule has 0 fully saturated rings. The van der Waals surface area contributed by atoms with Crippen LogP contribution in [-0.2, 0) is 16.1 Å². The molecule has 1 N–H and O–H groups in total. The molecule has 0 aliphatic heterocycles. The van der Waals surface area contributed by atoms with Crippen LogP contribution < -0.4 is 0 Å². The molecule has 0 aromatic heterocycles. The number of carbonyl (C=O) groups is 1. The average molecular weight is 270 g/mol. The van der Waals surface area contributed by atoms with Gasteiger partial charge in [0.05, 0.1) is 19.6 Å². The van der Waals surface area contributed by atoms with E-state index in [1.807, 2.05) is 60.7 Å². The van der Waals surface area contributed by atoms with Gasteiger partial charge in [-0.3, -0.25) is 4.79 Å². The van der Waals surface area contributed by atoms with Gasteiger partial charge in [-0.05, 0) is 11.1 Å². The second-order valence-corrected chi connectivity index (χ2v) is 4.71. The van der Waals surface area contributed by atoms with Crippen LogP contribution in [-0.4, -0.2) is 17.7 Å². The third-order valence-electron chi connectivity index (χ3n) is 3.12. The molecule has 1 unspecified atom stereocenters. The monoisotopic (exact) mass is 270 g/mol. The van der Waals surface area contributed by atoms with Crippen LogP contribution in [0.15, 0.2) is 60.7 Å². The fourth-order valence-corrected chi connectivity index (χ4v) is 2.10. The van der Waals surface area contributed by atoms with Gasteiger partial charge in [0.15, 0.2) is 0 Å². The number of aliphatic carboxylic acids is 1. The predicted molar refractivity (Wildman–Crippen MR) is 77.5 cm³/mol. The number of ether oxygens (including phenoxy) is 1. The Bertz CT molecular complexity index is 522. The topological polar surface area (TPSA) is 46.5 Å². The highest BCUT2D eigenvalue weighted by atomic mass is 16.5. The van der Waals surface area contributed by atoms with Crippen molar-refractivity contribution in [1.29, 1.82) is 0 Å². The van der Waals surface area contributed by atoms with Crippen LogP contribution >= 0.6 is 0 Å². The maximum Gasteiger partial charge on any atom is 0.304 e. The maximum atomic E-state index is 11.0. The van der Waals surface area contributed by atoms with Crippen molar-refractivity contribution in [1.82, 2.24) is 0 Å². The van der Waals surface area contributed by atoms with Gasteiger partial charge in [0.2, 0.25) is 0 Å². The zero-order valence-electron chi connectivity index (χ0n) is 11.2. The lowest BCUT2D eigenvalue weighted by molar-refractivity contribution is -0.137. The summed E-state index contributed by atoms with van der Waals surface area (Å²) in [6.07, 6.45) is 0.0821. The Kier molecular flexibility index (Phi) is 5.33. The highest BCUT2D eigenvalue weighted by molar-refractivity contribution is 5.68. The number of benzene rings is 2. The lowest BCUT2D eigenvalue weighted by atomic mass is 9.97. The molecule has 0 saturated carbocycles. The van der Waals surface area contributed by atoms with Crippen LogP contribution in [0.1, 0.15) is 23.5 Å². The first-order valence-corrected chi connectivity index (χ1v) is 6.64. The Hall–Kier alpha value is -2.13. The molecule has 2 aromatic rings. The van der Waals surface area contributed by atoms with Crippen molar-refractivity contribution in [2.45, 2.75) is 18.9 Å². The first-order valence-electron chi connectivity index (χ1n) is 6.64. The number of carboxylic acids is 1. The molecule has 0 saturated heterocycles. The molecule has 0 amide bonds. The van der Waals surface area contributed by atoms with Crippen LogP contribution in [0.4, 0.5) is 0 Å². The third kappa shape index (κ3) is 4.52. The fraction of sp³-hybridized carbons (Fsp3) is 0.235. The van der Waals surface area contributed by atoms with E-state index in [9.17, 15) is 4.79 Å². The molecule has 3 heteroatoms. The van der Waals surface area contributed by atoms with Crippen molar-refractivity contribution in [3.05, 3.63) is 71.8 Å². The second-order valence-electron chi connectivity index (χ2n) is 4.71. The molecule has 2 rings (SSSR count). The molecule has 2 aromatic carbocycles. The van der Waals surface area contributed by atoms with E-state index < -0.39 is 5.97 Å². The van der Waals surface area contributed by atoms with Crippen LogP contribution in [0.25, 0.3) is 0 Å². The average Bonchev–Trinajstić information content (AvgIpc) is 2.48. The van der Waals surface area contributed by atoms with Crippen LogP contribution in [0.3, 0.4) is 0 Å². The summed E-state index contributed by atoms with van der Waals surface area (Å²) < 4.78 is 5.67. The van der Waals surface area contributed by atoms with E-state index in [4.69, 9.17) is 9.84 Å². The van der Waals surface area contributed by atoms with Crippen LogP contribution in [0.5, 0.6) is 0 Å². The van der Waals surface area contributed by atoms with Gasteiger partial charge in [0.25, 0.3) is 0 Å². The molecule has 0 spiro atoms. The van der Waals surface area contributed by atoms with Gasteiger partial charge >= 0.3 is 5.97 Å². The third-order valence-corrected chi connectivity index (χ3v) is 3.12. The molecule has 0 radical (unpaired) electrons. The molecule has 3 nitrogen and oxygen atoms in total. The fourth-order valence-electron chi connectivity index (χ4n) is 2.10. The van der Waals surface area contributed by atoms with E-state index in [0.717, 1.165) is 11.1 Å². The van der Waals surface area contributed by atoms with E-state index in [0.29, 0.717) is 13.2 Å². The minimum absolute atomic E-state index is 0.0821. The molecule has 0 bridgehead atoms. The zero-order valence-corrected chi connectivity index (χ0v) is 11.2. The van der Waals surface area contributed by atoms with E-state index >= 15 is 0 Å². The molecule has 104 valence electrons. The van der Waals surface area contributed by atoms with E-state index in [1.165, 1.54) is 0 Å². The number of carboxylic acid groups (broad SMARTS) is 1. The summed E-state index contributed by atoms with van der Waals surface area (Å²) in [7, 11) is 0. The smallest absolute Gasteiger partial charge is 0.304 e. The quantitative estimate of drug-likeness (QED) is 0.838. The highest BCUT2D eigenvalue weighted by Crippen LogP contribution is 2.20. The first-order chi connectivity index (χ1) is 9.75. The van der Waals surface area contributed by atoms with E-state index in [-0.39, 0.29) is 12.3 Å². The van der Waals surface area contributed by atoms with Crippen molar-refractivity contribution in [3.8, 4) is 0 Å². The maximum absolute atomic E-state index is 11.0. The van der Waals surface area contributed by atoms with Crippen molar-refractivity contribution in [3.63, 3.8) is 0 Å². The van der Waals surface area contributed by atoms with Gasteiger partial charge < -0.3 is 9.84 Å². The Morgan fingerprint density at radius 1 is 1.00 bits per heavy atom. The normalized spacial score (nSPS) is 12.0. The largest absolute Gasteiger partial charge is 0.481 e. The van der Waals surface area contributed by atoms with Gasteiger partial charge in [-0.2, -0.15) is 0 Å². The lowest BCUT2D eigenvalue weighted by Gasteiger charge is -2.15. The van der Waals surface area contributed by atoms with Gasteiger partial charge in [0, 0.05) is 5.92 Å². The number of hydrogen-bond acceptors (Lipinski definition) is 2. The molecule has 0 aliphatic rings. The molecular weight excluding hydrogens is 252 g/mol. The minimum atomic E-state index is -0.804. The van der Waals surface area contributed by atoms with Crippen molar-refractivity contribution < 1.29 is 14.6 Å². The summed E-state index contributed by atoms with van der Waals surface area (Å²) in [5.41, 5.74) is 2.09. The zero-order chi connectivity index (χ0) is 14.2. The van der Waals surface area contributed by atoms with Gasteiger partial charge in [-0.15, -0.1) is 0 Å². The van der Waals surface area contributed by atoms with Crippen LogP contribution in [0.2, 0.25) is 0 Å². The Morgan fingerprint density at radius 3 is 2.20 bits per heavy atom. The Labute approximate surface area is 118 Å². The first kappa shape index (κ1) is 14.3. The lowest BCUT2D eigenvalue weighted by Crippen LogP contribution is -2.12. The van der Waals surface area contributed by atoms with Gasteiger partial charge in [-0.25, -0.2) is 0 Å². The van der Waals surface area contributed by atoms with Crippen LogP contribution in [0, 0.1) is 0 Å². The molecule has 0 aliphatic carbocycles. The van der Waals surface area contributed by atoms with Gasteiger partial charge in [-0.1, -0.05) is 60.7 Å². The Morgan fingerprint density at radius 2 is 1.60 bits per heavy atom. The highest BCUT2D eigenvalue weighted by Gasteiger charge is 2.15. The number of rotatable bonds is 7. The summed E-state index contributed by atoms with van der Waals surface area (Å²) in [4.78, 5) is 11.0. The molecule has 1 atom stereocenters. The molecule has 0 heterocycles. The SMILES string of the molecule is O=C(O)CC(COCc1ccccc1)c1ccccc1. The van der Waals surface area contributed by atoms with Crippen molar-refractivity contribution in [2.24, 2.45) is 0 Å². The summed E-state index contributed by atoms with van der Waals surface area (Å²) in [6, 6.07) is 19.5. The Balaban J connectivity index is 1.93. The predicted octanol–water partition coefficient (Wildman–Crippen LogP) is 3.46. The second kappa shape index (κ2) is 7.46. The summed E-state index contributed by atoms with van der Waals surface area (Å²) in [5.74, 6) is -0.917. The van der Waals surface area contributed by atoms with Gasteiger partial charge in [0.1, 0.15) is 0 Å². The molecule has 20 heavy (non-hydrogen) atoms. The van der Waals surface area contributed by atoms with Crippen molar-refractivity contribution in [2.75, 3.05) is 6.61 Å². The van der Waals surface area contributed by atoms with Crippen molar-refractivity contribution >= 4 is 5.97 Å². The number of hydrogen-bond donors (Lipinski definition) is 1. The van der Waals surface area contributed by atoms with E-state index in [1.54, 1.807) is 0 Å².